The number of ether oxygens (including phenoxy) is 1. The van der Waals surface area contributed by atoms with Gasteiger partial charge >= 0.3 is 5.97 Å². The number of carbonyl (C=O) groups is 2. The number of carboxylic acid groups (broad SMARTS) is 1. The van der Waals surface area contributed by atoms with Crippen molar-refractivity contribution in [2.24, 2.45) is 5.92 Å². The molecule has 0 fully saturated rings. The maximum absolute atomic E-state index is 11.6. The highest BCUT2D eigenvalue weighted by atomic mass is 32.9. The van der Waals surface area contributed by atoms with E-state index < -0.39 is 17.9 Å². The second kappa shape index (κ2) is 9.67. The van der Waals surface area contributed by atoms with Gasteiger partial charge in [-0.25, -0.2) is 4.79 Å². The summed E-state index contributed by atoms with van der Waals surface area (Å²) in [6, 6.07) is -0.846. The first-order chi connectivity index (χ1) is 8.38. The molecular formula is C10H19NO4PS2+. The fraction of sp³-hybridized carbons (Fsp3) is 0.800. The Bertz CT molecular complexity index is 312. The number of hydrogen-bond acceptors (Lipinski definition) is 5. The first-order valence-corrected chi connectivity index (χ1v) is 9.69. The van der Waals surface area contributed by atoms with Gasteiger partial charge in [0.15, 0.2) is 11.8 Å². The molecule has 0 aromatic rings. The minimum atomic E-state index is -1.02. The van der Waals surface area contributed by atoms with E-state index in [0.29, 0.717) is 13.0 Å². The Morgan fingerprint density at radius 2 is 2.11 bits per heavy atom. The van der Waals surface area contributed by atoms with Crippen molar-refractivity contribution in [2.75, 3.05) is 18.7 Å². The largest absolute Gasteiger partial charge is 0.480 e. The average molecular weight is 312 g/mol. The fourth-order valence-electron chi connectivity index (χ4n) is 1.06. The third-order valence-corrected chi connectivity index (χ3v) is 5.89. The summed E-state index contributed by atoms with van der Waals surface area (Å²) in [5.41, 5.74) is 0. The minimum Gasteiger partial charge on any atom is -0.480 e. The summed E-state index contributed by atoms with van der Waals surface area (Å²) >= 11 is 6.48. The van der Waals surface area contributed by atoms with Crippen molar-refractivity contribution >= 4 is 41.0 Å². The second-order valence-corrected chi connectivity index (χ2v) is 9.44. The fourth-order valence-corrected chi connectivity index (χ4v) is 3.74. The Morgan fingerprint density at radius 1 is 1.50 bits per heavy atom. The van der Waals surface area contributed by atoms with E-state index in [2.05, 4.69) is 5.32 Å². The van der Waals surface area contributed by atoms with E-state index in [4.69, 9.17) is 21.7 Å². The lowest BCUT2D eigenvalue weighted by molar-refractivity contribution is -0.142. The van der Waals surface area contributed by atoms with Crippen LogP contribution >= 0.6 is 17.3 Å². The molecule has 2 N–H and O–H groups in total. The van der Waals surface area contributed by atoms with Crippen molar-refractivity contribution in [1.29, 1.82) is 0 Å². The monoisotopic (exact) mass is 312 g/mol. The van der Waals surface area contributed by atoms with Crippen LogP contribution in [0.2, 0.25) is 0 Å². The number of nitrogens with one attached hydrogen (secondary N) is 1. The van der Waals surface area contributed by atoms with Gasteiger partial charge < -0.3 is 15.2 Å². The molecule has 0 bridgehead atoms. The first kappa shape index (κ1) is 17.8. The third-order valence-electron chi connectivity index (χ3n) is 1.99. The van der Waals surface area contributed by atoms with Gasteiger partial charge in [0.25, 0.3) is 5.90 Å². The quantitative estimate of drug-likeness (QED) is 0.632. The second-order valence-electron chi connectivity index (χ2n) is 3.86. The van der Waals surface area contributed by atoms with E-state index in [9.17, 15) is 9.59 Å². The van der Waals surface area contributed by atoms with E-state index in [1.165, 1.54) is 11.4 Å². The van der Waals surface area contributed by atoms with Crippen LogP contribution in [0.15, 0.2) is 0 Å². The van der Waals surface area contributed by atoms with Crippen LogP contribution in [-0.2, 0) is 26.1 Å². The Hall–Kier alpha value is -0.230. The molecule has 0 spiro atoms. The molecule has 1 amide bonds. The highest BCUT2D eigenvalue weighted by Gasteiger charge is 2.24. The van der Waals surface area contributed by atoms with Crippen LogP contribution < -0.4 is 5.32 Å². The van der Waals surface area contributed by atoms with Gasteiger partial charge in [-0.3, -0.25) is 4.79 Å². The Kier molecular flexibility index (Phi) is 9.54. The SMILES string of the molecule is CCOC[P+](=S)SCC(=O)N[C@H](C(=O)O)C(C)C. The van der Waals surface area contributed by atoms with Crippen molar-refractivity contribution in [2.45, 2.75) is 26.8 Å². The first-order valence-electron chi connectivity index (χ1n) is 5.56. The van der Waals surface area contributed by atoms with E-state index in [1.807, 2.05) is 6.92 Å². The van der Waals surface area contributed by atoms with Crippen LogP contribution in [0.1, 0.15) is 20.8 Å². The van der Waals surface area contributed by atoms with Gasteiger partial charge in [0.1, 0.15) is 23.2 Å². The Balaban J connectivity index is 4.03. The highest BCUT2D eigenvalue weighted by Crippen LogP contribution is 2.37. The number of carboxylic acids is 1. The van der Waals surface area contributed by atoms with Crippen LogP contribution in [0.5, 0.6) is 0 Å². The standard InChI is InChI=1S/C10H18NO4PS2/c1-4-15-6-16(17)18-5-8(12)11-9(7(2)3)10(13)14/h7,9H,4-6H2,1-3H3,(H-,11,12,13,14)/p+1/t9-/m0/s1. The molecule has 0 aromatic heterocycles. The number of amides is 1. The predicted octanol–water partition coefficient (Wildman–Crippen LogP) is 1.80. The molecule has 0 rings (SSSR count). The summed E-state index contributed by atoms with van der Waals surface area (Å²) in [6.07, 6.45) is 0.478. The molecule has 8 heteroatoms. The normalized spacial score (nSPS) is 13.2. The molecule has 0 saturated carbocycles. The Labute approximate surface area is 117 Å². The predicted molar refractivity (Wildman–Crippen MR) is 77.6 cm³/mol. The van der Waals surface area contributed by atoms with Gasteiger partial charge in [0.05, 0.1) is 0 Å². The molecule has 2 atom stereocenters. The molecule has 104 valence electrons. The average Bonchev–Trinajstić information content (AvgIpc) is 2.29. The van der Waals surface area contributed by atoms with Crippen molar-refractivity contribution in [1.82, 2.24) is 5.32 Å². The zero-order valence-corrected chi connectivity index (χ0v) is 13.2. The molecule has 0 aromatic carbocycles. The smallest absolute Gasteiger partial charge is 0.326 e. The molecule has 18 heavy (non-hydrogen) atoms. The van der Waals surface area contributed by atoms with E-state index >= 15 is 0 Å². The number of carbonyl (C=O) groups excluding carboxylic acids is 1. The molecular weight excluding hydrogens is 293 g/mol. The van der Waals surface area contributed by atoms with E-state index in [0.717, 1.165) is 0 Å². The van der Waals surface area contributed by atoms with E-state index in [-0.39, 0.29) is 17.6 Å². The highest BCUT2D eigenvalue weighted by molar-refractivity contribution is 8.64. The minimum absolute atomic E-state index is 0.148. The van der Waals surface area contributed by atoms with Crippen LogP contribution in [0, 0.1) is 5.92 Å². The summed E-state index contributed by atoms with van der Waals surface area (Å²) < 4.78 is 5.16. The van der Waals surface area contributed by atoms with Crippen molar-refractivity contribution < 1.29 is 19.4 Å². The molecule has 5 nitrogen and oxygen atoms in total. The summed E-state index contributed by atoms with van der Waals surface area (Å²) in [5.74, 6) is -2.09. The lowest BCUT2D eigenvalue weighted by atomic mass is 10.1. The maximum Gasteiger partial charge on any atom is 0.326 e. The van der Waals surface area contributed by atoms with Crippen LogP contribution in [0.4, 0.5) is 0 Å². The van der Waals surface area contributed by atoms with Gasteiger partial charge in [0, 0.05) is 6.61 Å². The van der Waals surface area contributed by atoms with Gasteiger partial charge in [-0.05, 0) is 12.8 Å². The molecule has 0 saturated heterocycles. The lowest BCUT2D eigenvalue weighted by Gasteiger charge is -2.16. The van der Waals surface area contributed by atoms with E-state index in [1.54, 1.807) is 13.8 Å². The summed E-state index contributed by atoms with van der Waals surface area (Å²) in [7, 11) is 0. The molecule has 0 aliphatic heterocycles. The van der Waals surface area contributed by atoms with Gasteiger partial charge in [0.2, 0.25) is 12.3 Å². The number of aliphatic carboxylic acids is 1. The number of hydrogen-bond donors (Lipinski definition) is 2. The Morgan fingerprint density at radius 3 is 2.56 bits per heavy atom. The zero-order chi connectivity index (χ0) is 14.1. The van der Waals surface area contributed by atoms with Gasteiger partial charge in [-0.15, -0.1) is 0 Å². The molecule has 0 heterocycles. The summed E-state index contributed by atoms with van der Waals surface area (Å²) in [5, 5.41) is 11.4. The topological polar surface area (TPSA) is 75.6 Å². The van der Waals surface area contributed by atoms with Gasteiger partial charge in [-0.1, -0.05) is 13.8 Å². The molecule has 0 aliphatic rings. The molecule has 1 unspecified atom stereocenters. The van der Waals surface area contributed by atoms with Gasteiger partial charge in [-0.2, -0.15) is 0 Å². The number of rotatable bonds is 9. The summed E-state index contributed by atoms with van der Waals surface area (Å²) in [4.78, 5) is 22.5. The zero-order valence-electron chi connectivity index (χ0n) is 10.7. The van der Waals surface area contributed by atoms with Crippen LogP contribution in [0.3, 0.4) is 0 Å². The summed E-state index contributed by atoms with van der Waals surface area (Å²) in [6.45, 7) is 6.00. The third kappa shape index (κ3) is 7.97. The van der Waals surface area contributed by atoms with Crippen molar-refractivity contribution in [3.63, 3.8) is 0 Å². The van der Waals surface area contributed by atoms with Crippen LogP contribution in [0.25, 0.3) is 0 Å². The lowest BCUT2D eigenvalue weighted by Crippen LogP contribution is -2.44. The van der Waals surface area contributed by atoms with Crippen LogP contribution in [-0.4, -0.2) is 41.7 Å². The molecule has 0 aliphatic carbocycles. The maximum atomic E-state index is 11.6. The van der Waals surface area contributed by atoms with Crippen molar-refractivity contribution in [3.05, 3.63) is 0 Å². The molecule has 0 radical (unpaired) electrons. The van der Waals surface area contributed by atoms with Crippen molar-refractivity contribution in [3.8, 4) is 0 Å².